The van der Waals surface area contributed by atoms with Gasteiger partial charge in [0.25, 0.3) is 11.8 Å². The second kappa shape index (κ2) is 13.2. The van der Waals surface area contributed by atoms with E-state index in [-0.39, 0.29) is 24.2 Å². The number of likely N-dealkylation sites (tertiary alicyclic amines) is 1. The van der Waals surface area contributed by atoms with E-state index in [1.165, 1.54) is 6.92 Å². The maximum atomic E-state index is 13.8. The minimum Gasteiger partial charge on any atom is -0.363 e. The van der Waals surface area contributed by atoms with Crippen LogP contribution in [-0.4, -0.2) is 75.9 Å². The molecule has 1 aliphatic carbocycles. The highest BCUT2D eigenvalue weighted by molar-refractivity contribution is 6.38. The number of rotatable bonds is 10. The molecule has 12 nitrogen and oxygen atoms in total. The number of carbonyl (C=O) groups excluding carboxylic acids is 6. The third-order valence-electron chi connectivity index (χ3n) is 9.65. The smallest absolute Gasteiger partial charge is 0.287 e. The number of nitrogens with one attached hydrogen (secondary N) is 4. The Morgan fingerprint density at radius 3 is 2.36 bits per heavy atom. The van der Waals surface area contributed by atoms with E-state index >= 15 is 0 Å². The fraction of sp³-hybridized carbons (Fsp3) is 0.562. The number of aromatic amines is 1. The molecular weight excluding hydrogens is 564 g/mol. The number of hydrogen-bond donors (Lipinski definition) is 5. The Morgan fingerprint density at radius 2 is 1.70 bits per heavy atom. The molecule has 3 aliphatic rings. The van der Waals surface area contributed by atoms with Crippen LogP contribution < -0.4 is 21.7 Å². The van der Waals surface area contributed by atoms with Crippen LogP contribution in [0.15, 0.2) is 30.3 Å². The zero-order valence-electron chi connectivity index (χ0n) is 25.2. The second-order valence-electron chi connectivity index (χ2n) is 12.7. The number of fused-ring (bicyclic) bond motifs is 1. The summed E-state index contributed by atoms with van der Waals surface area (Å²) in [5.74, 6) is -3.94. The monoisotopic (exact) mass is 606 g/mol. The quantitative estimate of drug-likeness (QED) is 0.256. The van der Waals surface area contributed by atoms with Crippen LogP contribution in [0.3, 0.4) is 0 Å². The molecule has 2 unspecified atom stereocenters. The Morgan fingerprint density at radius 1 is 1.00 bits per heavy atom. The lowest BCUT2D eigenvalue weighted by Crippen LogP contribution is -2.54. The number of carbonyl (C=O) groups is 6. The van der Waals surface area contributed by atoms with Gasteiger partial charge in [-0.1, -0.05) is 50.3 Å². The first-order chi connectivity index (χ1) is 21.0. The predicted molar refractivity (Wildman–Crippen MR) is 162 cm³/mol. The fourth-order valence-corrected chi connectivity index (χ4v) is 7.13. The van der Waals surface area contributed by atoms with Crippen molar-refractivity contribution in [2.45, 2.75) is 88.8 Å². The van der Waals surface area contributed by atoms with Crippen molar-refractivity contribution in [3.05, 3.63) is 36.0 Å². The third kappa shape index (κ3) is 7.11. The maximum absolute atomic E-state index is 13.8. The summed E-state index contributed by atoms with van der Waals surface area (Å²) in [6.45, 7) is 2.55. The number of nitrogens with two attached hydrogens (primary N) is 1. The SMILES string of the molecule is CC(=O)N1CCC2(CC1)CC(CC(NC(=O)[C@@H](CC1CCCCC1)NC(=O)c1cc3ccccc3[nH]1)C(=O)C(N)=O)C(=O)N2. The summed E-state index contributed by atoms with van der Waals surface area (Å²) in [6, 6.07) is 6.90. The van der Waals surface area contributed by atoms with E-state index in [1.807, 2.05) is 24.3 Å². The van der Waals surface area contributed by atoms with Gasteiger partial charge in [0.1, 0.15) is 11.7 Å². The lowest BCUT2D eigenvalue weighted by molar-refractivity contribution is -0.139. The number of nitrogens with zero attached hydrogens (tertiary/aromatic N) is 1. The highest BCUT2D eigenvalue weighted by Gasteiger charge is 2.47. The van der Waals surface area contributed by atoms with Gasteiger partial charge in [0, 0.05) is 42.4 Å². The minimum atomic E-state index is -1.32. The highest BCUT2D eigenvalue weighted by Crippen LogP contribution is 2.36. The number of ketones is 1. The molecule has 12 heteroatoms. The molecule has 3 heterocycles. The van der Waals surface area contributed by atoms with Gasteiger partial charge in [-0.3, -0.25) is 28.8 Å². The third-order valence-corrected chi connectivity index (χ3v) is 9.65. The van der Waals surface area contributed by atoms with E-state index in [1.54, 1.807) is 11.0 Å². The summed E-state index contributed by atoms with van der Waals surface area (Å²) in [6.07, 6.45) is 6.94. The molecule has 44 heavy (non-hydrogen) atoms. The van der Waals surface area contributed by atoms with Gasteiger partial charge in [-0.2, -0.15) is 0 Å². The van der Waals surface area contributed by atoms with Gasteiger partial charge in [-0.25, -0.2) is 0 Å². The summed E-state index contributed by atoms with van der Waals surface area (Å²) in [5, 5.41) is 9.46. The lowest BCUT2D eigenvalue weighted by atomic mass is 9.81. The molecule has 6 N–H and O–H groups in total. The number of benzene rings is 1. The van der Waals surface area contributed by atoms with Gasteiger partial charge in [-0.15, -0.1) is 0 Å². The molecule has 0 radical (unpaired) electrons. The number of hydrogen-bond acceptors (Lipinski definition) is 6. The average Bonchev–Trinajstić information content (AvgIpc) is 3.57. The van der Waals surface area contributed by atoms with Crippen LogP contribution >= 0.6 is 0 Å². The van der Waals surface area contributed by atoms with Crippen molar-refractivity contribution in [2.75, 3.05) is 13.1 Å². The van der Waals surface area contributed by atoms with Gasteiger partial charge in [0.15, 0.2) is 0 Å². The Kier molecular flexibility index (Phi) is 9.36. The molecule has 1 aromatic heterocycles. The van der Waals surface area contributed by atoms with Gasteiger partial charge in [-0.05, 0) is 50.2 Å². The van der Waals surface area contributed by atoms with E-state index in [4.69, 9.17) is 5.73 Å². The number of para-hydroxylation sites is 1. The van der Waals surface area contributed by atoms with Crippen LogP contribution in [0.2, 0.25) is 0 Å². The summed E-state index contributed by atoms with van der Waals surface area (Å²) >= 11 is 0. The summed E-state index contributed by atoms with van der Waals surface area (Å²) < 4.78 is 0. The van der Waals surface area contributed by atoms with Crippen LogP contribution in [-0.2, 0) is 24.0 Å². The Bertz CT molecular complexity index is 1400. The molecule has 3 atom stereocenters. The standard InChI is InChI=1S/C32H42N6O6/c1-19(39)38-13-11-32(12-14-38)18-22(29(42)37-32)17-24(27(40)28(33)41)35-30(43)25(15-20-7-3-2-4-8-20)36-31(44)26-16-21-9-5-6-10-23(21)34-26/h5-6,9-10,16,20,22,24-25,34H,2-4,7-8,11-15,17-18H2,1H3,(H2,33,41)(H,35,43)(H,36,44)(H,37,42)/t22?,24?,25-/m1/s1. The Labute approximate surface area is 256 Å². The Balaban J connectivity index is 1.30. The zero-order valence-corrected chi connectivity index (χ0v) is 25.2. The van der Waals surface area contributed by atoms with Crippen LogP contribution in [0.1, 0.15) is 81.6 Å². The van der Waals surface area contributed by atoms with Crippen LogP contribution in [0, 0.1) is 11.8 Å². The predicted octanol–water partition coefficient (Wildman–Crippen LogP) is 1.68. The number of piperidine rings is 1. The van der Waals surface area contributed by atoms with Gasteiger partial charge in [0.05, 0.1) is 6.04 Å². The van der Waals surface area contributed by atoms with Crippen molar-refractivity contribution < 1.29 is 28.8 Å². The number of Topliss-reactive ketones (excluding diaryl/α,β-unsaturated/α-hetero) is 1. The summed E-state index contributed by atoms with van der Waals surface area (Å²) in [4.78, 5) is 81.7. The van der Waals surface area contributed by atoms with Gasteiger partial charge in [0.2, 0.25) is 23.5 Å². The van der Waals surface area contributed by atoms with Crippen molar-refractivity contribution >= 4 is 46.2 Å². The van der Waals surface area contributed by atoms with E-state index in [2.05, 4.69) is 20.9 Å². The van der Waals surface area contributed by atoms with E-state index in [0.29, 0.717) is 44.5 Å². The number of H-pyrrole nitrogens is 1. The second-order valence-corrected chi connectivity index (χ2v) is 12.7. The molecular formula is C32H42N6O6. The molecule has 3 fully saturated rings. The normalized spacial score (nSPS) is 21.4. The van der Waals surface area contributed by atoms with Crippen LogP contribution in [0.5, 0.6) is 0 Å². The molecule has 0 bridgehead atoms. The number of primary amides is 1. The van der Waals surface area contributed by atoms with Crippen molar-refractivity contribution in [2.24, 2.45) is 17.6 Å². The lowest BCUT2D eigenvalue weighted by Gasteiger charge is -2.39. The average molecular weight is 607 g/mol. The van der Waals surface area contributed by atoms with Crippen molar-refractivity contribution in [3.63, 3.8) is 0 Å². The summed E-state index contributed by atoms with van der Waals surface area (Å²) in [7, 11) is 0. The van der Waals surface area contributed by atoms with Gasteiger partial charge < -0.3 is 31.6 Å². The van der Waals surface area contributed by atoms with Crippen LogP contribution in [0.4, 0.5) is 0 Å². The molecule has 2 saturated heterocycles. The molecule has 1 aromatic carbocycles. The molecule has 2 aliphatic heterocycles. The molecule has 2 aromatic rings. The number of amides is 5. The molecule has 5 rings (SSSR count). The van der Waals surface area contributed by atoms with Crippen LogP contribution in [0.25, 0.3) is 10.9 Å². The summed E-state index contributed by atoms with van der Waals surface area (Å²) in [5.41, 5.74) is 5.96. The number of aromatic nitrogens is 1. The molecule has 1 saturated carbocycles. The molecule has 236 valence electrons. The maximum Gasteiger partial charge on any atom is 0.287 e. The van der Waals surface area contributed by atoms with E-state index in [0.717, 1.165) is 43.0 Å². The minimum absolute atomic E-state index is 0.0185. The topological polar surface area (TPSA) is 184 Å². The van der Waals surface area contributed by atoms with Gasteiger partial charge >= 0.3 is 0 Å². The molecule has 1 spiro atoms. The first-order valence-electron chi connectivity index (χ1n) is 15.6. The highest BCUT2D eigenvalue weighted by atomic mass is 16.2. The first-order valence-corrected chi connectivity index (χ1v) is 15.6. The van der Waals surface area contributed by atoms with Crippen molar-refractivity contribution in [3.8, 4) is 0 Å². The first kappa shape index (κ1) is 31.2. The largest absolute Gasteiger partial charge is 0.363 e. The molecule has 5 amide bonds. The van der Waals surface area contributed by atoms with Crippen molar-refractivity contribution in [1.82, 2.24) is 25.8 Å². The Hall–Kier alpha value is -4.22. The zero-order chi connectivity index (χ0) is 31.4. The fourth-order valence-electron chi connectivity index (χ4n) is 7.13. The van der Waals surface area contributed by atoms with E-state index < -0.39 is 47.0 Å². The van der Waals surface area contributed by atoms with Crippen molar-refractivity contribution in [1.29, 1.82) is 0 Å². The van der Waals surface area contributed by atoms with E-state index in [9.17, 15) is 28.8 Å².